The lowest BCUT2D eigenvalue weighted by molar-refractivity contribution is 0.310. The van der Waals surface area contributed by atoms with Crippen LogP contribution in [0.4, 0.5) is 11.6 Å². The number of pyridine rings is 2. The number of nitrogens with zero attached hydrogens (tertiary/aromatic N) is 10. The van der Waals surface area contributed by atoms with Crippen molar-refractivity contribution in [2.24, 2.45) is 0 Å². The first-order valence-corrected chi connectivity index (χ1v) is 17.3. The van der Waals surface area contributed by atoms with Gasteiger partial charge in [0.05, 0.1) is 23.4 Å². The Morgan fingerprint density at radius 3 is 1.44 bits per heavy atom. The van der Waals surface area contributed by atoms with E-state index in [4.69, 9.17) is 20.7 Å². The molecule has 0 aliphatic carbocycles. The summed E-state index contributed by atoms with van der Waals surface area (Å²) in [5.74, 6) is 1.81. The number of imidazole rings is 2. The van der Waals surface area contributed by atoms with Crippen LogP contribution in [-0.2, 0) is 26.2 Å². The Morgan fingerprint density at radius 1 is 0.660 bits per heavy atom. The van der Waals surface area contributed by atoms with Crippen LogP contribution in [0.2, 0.25) is 0 Å². The Kier molecular flexibility index (Phi) is 10.2. The molecule has 0 spiro atoms. The van der Waals surface area contributed by atoms with Crippen LogP contribution in [0.15, 0.2) is 34.0 Å². The predicted octanol–water partition coefficient (Wildman–Crippen LogP) is 1.85. The van der Waals surface area contributed by atoms with E-state index < -0.39 is 0 Å². The molecule has 0 saturated carbocycles. The zero-order valence-electron chi connectivity index (χ0n) is 28.4. The third-order valence-electron chi connectivity index (χ3n) is 9.38. The molecule has 18 heteroatoms. The molecular formula is C32H44N16O2. The van der Waals surface area contributed by atoms with E-state index in [1.54, 1.807) is 12.4 Å². The molecule has 2 saturated heterocycles. The van der Waals surface area contributed by atoms with Crippen LogP contribution in [0.25, 0.3) is 45.1 Å². The number of nitrogens with two attached hydrogens (primary N) is 2. The molecule has 8 N–H and O–H groups in total. The van der Waals surface area contributed by atoms with Crippen molar-refractivity contribution in [2.45, 2.75) is 77.8 Å². The molecule has 2 aliphatic heterocycles. The number of aromatic nitrogens is 10. The number of nitrogen functional groups attached to an aromatic ring is 2. The van der Waals surface area contributed by atoms with Crippen molar-refractivity contribution >= 4 is 33.7 Å². The van der Waals surface area contributed by atoms with Gasteiger partial charge in [-0.25, -0.2) is 19.2 Å². The molecule has 0 radical (unpaired) electrons. The Bertz CT molecular complexity index is 1870. The smallest absolute Gasteiger partial charge is 0.199 e. The van der Waals surface area contributed by atoms with Gasteiger partial charge in [-0.3, -0.25) is 9.97 Å². The summed E-state index contributed by atoms with van der Waals surface area (Å²) in [5.41, 5.74) is 18.6. The minimum Gasteiger partial charge on any atom is -0.379 e. The summed E-state index contributed by atoms with van der Waals surface area (Å²) in [5, 5.41) is 29.2. The highest BCUT2D eigenvalue weighted by molar-refractivity contribution is 5.84. The minimum atomic E-state index is 0.243. The van der Waals surface area contributed by atoms with Gasteiger partial charge in [-0.2, -0.15) is 0 Å². The van der Waals surface area contributed by atoms with Gasteiger partial charge in [-0.1, -0.05) is 0 Å². The quantitative estimate of drug-likeness (QED) is 0.121. The van der Waals surface area contributed by atoms with Crippen LogP contribution in [0, 0.1) is 0 Å². The fourth-order valence-electron chi connectivity index (χ4n) is 6.81. The van der Waals surface area contributed by atoms with E-state index in [1.807, 2.05) is 12.4 Å². The first kappa shape index (κ1) is 33.5. The Hall–Kier alpha value is -5.04. The summed E-state index contributed by atoms with van der Waals surface area (Å²) in [6.07, 6.45) is 11.9. The van der Waals surface area contributed by atoms with E-state index in [-0.39, 0.29) is 11.6 Å². The maximum Gasteiger partial charge on any atom is 0.199 e. The Labute approximate surface area is 288 Å². The van der Waals surface area contributed by atoms with E-state index in [9.17, 15) is 0 Å². The van der Waals surface area contributed by atoms with Crippen LogP contribution >= 0.6 is 0 Å². The molecule has 0 amide bonds. The van der Waals surface area contributed by atoms with E-state index in [1.165, 1.54) is 0 Å². The lowest BCUT2D eigenvalue weighted by Gasteiger charge is -2.24. The lowest BCUT2D eigenvalue weighted by Crippen LogP contribution is -2.39. The van der Waals surface area contributed by atoms with Crippen molar-refractivity contribution in [1.29, 1.82) is 0 Å². The molecule has 0 aromatic carbocycles. The average Bonchev–Trinajstić information content (AvgIpc) is 3.95. The van der Waals surface area contributed by atoms with Crippen molar-refractivity contribution in [3.63, 3.8) is 0 Å². The third-order valence-corrected chi connectivity index (χ3v) is 9.38. The van der Waals surface area contributed by atoms with Gasteiger partial charge in [0.15, 0.2) is 34.7 Å². The highest BCUT2D eigenvalue weighted by Crippen LogP contribution is 2.29. The number of hydrogen-bond acceptors (Lipinski definition) is 16. The number of anilines is 2. The molecule has 8 heterocycles. The monoisotopic (exact) mass is 684 g/mol. The van der Waals surface area contributed by atoms with E-state index >= 15 is 0 Å². The standard InChI is InChI=1S/2C16H22N8O/c2*1-2-24-14-10(8-20-11-3-5-18-6-4-11)7-19-9-12(14)21-16(24)13-15(17)23-25-22-13/h2*7,9,11,18,20H,2-6,8H2,1H3,(H2,17,23). The van der Waals surface area contributed by atoms with E-state index in [0.29, 0.717) is 35.1 Å². The predicted molar refractivity (Wildman–Crippen MR) is 187 cm³/mol. The number of piperidine rings is 2. The van der Waals surface area contributed by atoms with Crippen LogP contribution in [0.1, 0.15) is 50.7 Å². The maximum absolute atomic E-state index is 5.86. The normalized spacial score (nSPS) is 15.9. The van der Waals surface area contributed by atoms with Crippen molar-refractivity contribution in [2.75, 3.05) is 37.6 Å². The number of aryl methyl sites for hydroxylation is 2. The number of rotatable bonds is 10. The molecule has 0 unspecified atom stereocenters. The van der Waals surface area contributed by atoms with Crippen molar-refractivity contribution in [3.05, 3.63) is 35.9 Å². The van der Waals surface area contributed by atoms with E-state index in [2.05, 4.69) is 84.8 Å². The van der Waals surface area contributed by atoms with Gasteiger partial charge in [0.2, 0.25) is 0 Å². The van der Waals surface area contributed by atoms with Crippen LogP contribution in [0.3, 0.4) is 0 Å². The van der Waals surface area contributed by atoms with Gasteiger partial charge < -0.3 is 41.9 Å². The first-order valence-electron chi connectivity index (χ1n) is 17.3. The topological polar surface area (TPSA) is 239 Å². The summed E-state index contributed by atoms with van der Waals surface area (Å²) in [6.45, 7) is 11.4. The molecule has 6 aromatic rings. The number of nitrogens with one attached hydrogen (secondary N) is 4. The second kappa shape index (κ2) is 15.2. The first-order chi connectivity index (χ1) is 24.6. The second-order valence-corrected chi connectivity index (χ2v) is 12.5. The van der Waals surface area contributed by atoms with Gasteiger partial charge in [0.25, 0.3) is 0 Å². The van der Waals surface area contributed by atoms with E-state index in [0.717, 1.165) is 111 Å². The van der Waals surface area contributed by atoms with Crippen LogP contribution < -0.4 is 32.7 Å². The van der Waals surface area contributed by atoms with Gasteiger partial charge in [0.1, 0.15) is 11.0 Å². The largest absolute Gasteiger partial charge is 0.379 e. The highest BCUT2D eigenvalue weighted by Gasteiger charge is 2.23. The zero-order valence-corrected chi connectivity index (χ0v) is 28.4. The molecule has 6 aromatic heterocycles. The molecular weight excluding hydrogens is 640 g/mol. The second-order valence-electron chi connectivity index (χ2n) is 12.5. The molecule has 264 valence electrons. The summed E-state index contributed by atoms with van der Waals surface area (Å²) in [7, 11) is 0. The molecule has 2 fully saturated rings. The van der Waals surface area contributed by atoms with Gasteiger partial charge in [-0.05, 0) is 86.3 Å². The fourth-order valence-corrected chi connectivity index (χ4v) is 6.81. The minimum absolute atomic E-state index is 0.243. The lowest BCUT2D eigenvalue weighted by atomic mass is 10.1. The summed E-state index contributed by atoms with van der Waals surface area (Å²) in [6, 6.07) is 1.06. The van der Waals surface area contributed by atoms with Gasteiger partial charge in [-0.15, -0.1) is 0 Å². The third kappa shape index (κ3) is 6.87. The van der Waals surface area contributed by atoms with Crippen LogP contribution in [0.5, 0.6) is 0 Å². The SMILES string of the molecule is CCn1c(-c2nonc2N)nc2cncc(CNC3CCNCC3)c21.CCn1c(-c2nonc2N)nc2cncc(CNC3CCNCC3)c21. The van der Waals surface area contributed by atoms with Crippen LogP contribution in [-0.4, -0.2) is 88.0 Å². The summed E-state index contributed by atoms with van der Waals surface area (Å²) in [4.78, 5) is 18.0. The molecule has 0 atom stereocenters. The van der Waals surface area contributed by atoms with Crippen molar-refractivity contribution in [1.82, 2.24) is 71.0 Å². The number of fused-ring (bicyclic) bond motifs is 2. The average molecular weight is 685 g/mol. The molecule has 50 heavy (non-hydrogen) atoms. The van der Waals surface area contributed by atoms with Gasteiger partial charge in [0, 0.05) is 61.8 Å². The Balaban J connectivity index is 0.000000157. The molecule has 18 nitrogen and oxygen atoms in total. The Morgan fingerprint density at radius 2 is 1.08 bits per heavy atom. The summed E-state index contributed by atoms with van der Waals surface area (Å²) >= 11 is 0. The zero-order chi connectivity index (χ0) is 34.5. The molecule has 8 rings (SSSR count). The maximum atomic E-state index is 5.86. The molecule has 0 bridgehead atoms. The van der Waals surface area contributed by atoms with Gasteiger partial charge >= 0.3 is 0 Å². The fraction of sp³-hybridized carbons (Fsp3) is 0.500. The highest BCUT2D eigenvalue weighted by atomic mass is 16.6. The van der Waals surface area contributed by atoms with Crippen molar-refractivity contribution < 1.29 is 9.26 Å². The summed E-state index contributed by atoms with van der Waals surface area (Å²) < 4.78 is 13.7. The molecule has 2 aliphatic rings. The van der Waals surface area contributed by atoms with Crippen molar-refractivity contribution in [3.8, 4) is 23.0 Å². The number of hydrogen-bond donors (Lipinski definition) is 6.